The summed E-state index contributed by atoms with van der Waals surface area (Å²) in [6, 6.07) is 7.50. The molecule has 6 nitrogen and oxygen atoms in total. The van der Waals surface area contributed by atoms with E-state index in [-0.39, 0.29) is 12.0 Å². The van der Waals surface area contributed by atoms with Crippen LogP contribution in [0.4, 0.5) is 0 Å². The summed E-state index contributed by atoms with van der Waals surface area (Å²) in [6.07, 6.45) is 0. The van der Waals surface area contributed by atoms with Crippen LogP contribution >= 0.6 is 0 Å². The van der Waals surface area contributed by atoms with Crippen LogP contribution in [0.1, 0.15) is 12.5 Å². The number of hydrogen-bond donors (Lipinski definition) is 2. The van der Waals surface area contributed by atoms with Gasteiger partial charge in [-0.25, -0.2) is 4.99 Å². The maximum Gasteiger partial charge on any atom is 0.316 e. The number of rotatable bonds is 4. The quantitative estimate of drug-likeness (QED) is 0.768. The third kappa shape index (κ3) is 3.54. The molecule has 0 spiro atoms. The van der Waals surface area contributed by atoms with Crippen molar-refractivity contribution < 1.29 is 14.3 Å². The van der Waals surface area contributed by atoms with E-state index in [1.165, 1.54) is 0 Å². The van der Waals surface area contributed by atoms with Crippen molar-refractivity contribution in [2.45, 2.75) is 19.9 Å². The van der Waals surface area contributed by atoms with Crippen LogP contribution < -0.4 is 15.4 Å². The van der Waals surface area contributed by atoms with Gasteiger partial charge in [-0.05, 0) is 26.0 Å². The number of carbonyl (C=O) groups excluding carboxylic acids is 2. The van der Waals surface area contributed by atoms with Gasteiger partial charge < -0.3 is 4.74 Å². The third-order valence-electron chi connectivity index (χ3n) is 2.53. The highest BCUT2D eigenvalue weighted by atomic mass is 16.5. The van der Waals surface area contributed by atoms with Crippen molar-refractivity contribution in [3.63, 3.8) is 0 Å². The Morgan fingerprint density at radius 2 is 1.74 bits per heavy atom. The van der Waals surface area contributed by atoms with Crippen molar-refractivity contribution in [2.24, 2.45) is 4.99 Å². The number of amides is 2. The lowest BCUT2D eigenvalue weighted by molar-refractivity contribution is -0.135. The third-order valence-corrected chi connectivity index (χ3v) is 2.53. The molecule has 100 valence electrons. The lowest BCUT2D eigenvalue weighted by Crippen LogP contribution is -2.28. The summed E-state index contributed by atoms with van der Waals surface area (Å²) in [5, 5.41) is 4.67. The van der Waals surface area contributed by atoms with Crippen molar-refractivity contribution in [1.29, 1.82) is 0 Å². The molecule has 19 heavy (non-hydrogen) atoms. The highest BCUT2D eigenvalue weighted by molar-refractivity contribution is 6.45. The van der Waals surface area contributed by atoms with Crippen molar-refractivity contribution in [3.8, 4) is 5.75 Å². The van der Waals surface area contributed by atoms with E-state index in [1.54, 1.807) is 0 Å². The van der Waals surface area contributed by atoms with Crippen molar-refractivity contribution in [3.05, 3.63) is 29.8 Å². The summed E-state index contributed by atoms with van der Waals surface area (Å²) in [7, 11) is 0. The number of aryl methyl sites for hydroxylation is 1. The fraction of sp³-hybridized carbons (Fsp3) is 0.308. The minimum atomic E-state index is -0.689. The molecule has 2 N–H and O–H groups in total. The first-order valence-electron chi connectivity index (χ1n) is 5.94. The van der Waals surface area contributed by atoms with Crippen LogP contribution in [0.25, 0.3) is 0 Å². The molecule has 0 bridgehead atoms. The molecule has 1 heterocycles. The zero-order valence-electron chi connectivity index (χ0n) is 10.8. The summed E-state index contributed by atoms with van der Waals surface area (Å²) in [4.78, 5) is 26.0. The van der Waals surface area contributed by atoms with Gasteiger partial charge in [-0.15, -0.1) is 0 Å². The van der Waals surface area contributed by atoms with Gasteiger partial charge in [-0.3, -0.25) is 20.2 Å². The van der Waals surface area contributed by atoms with Gasteiger partial charge in [-0.2, -0.15) is 0 Å². The number of benzene rings is 1. The smallest absolute Gasteiger partial charge is 0.316 e. The summed E-state index contributed by atoms with van der Waals surface area (Å²) < 4.78 is 5.55. The number of carbonyl (C=O) groups is 2. The zero-order valence-corrected chi connectivity index (χ0v) is 10.8. The van der Waals surface area contributed by atoms with Crippen LogP contribution in [-0.2, 0) is 9.59 Å². The van der Waals surface area contributed by atoms with Gasteiger partial charge in [0.1, 0.15) is 12.4 Å². The molecule has 2 rings (SSSR count). The molecule has 1 aromatic carbocycles. The number of nitrogens with one attached hydrogen (secondary N) is 2. The molecule has 1 fully saturated rings. The largest absolute Gasteiger partial charge is 0.491 e. The first-order chi connectivity index (χ1) is 9.04. The Balaban J connectivity index is 1.86. The molecule has 1 aliphatic rings. The topological polar surface area (TPSA) is 79.8 Å². The minimum absolute atomic E-state index is 0.176. The number of nitrogens with zero attached hydrogens (tertiary/aromatic N) is 1. The number of aliphatic imine (C=N–C) groups is 1. The van der Waals surface area contributed by atoms with E-state index >= 15 is 0 Å². The van der Waals surface area contributed by atoms with Crippen LogP contribution in [-0.4, -0.2) is 30.4 Å². The van der Waals surface area contributed by atoms with E-state index in [4.69, 9.17) is 4.74 Å². The first-order valence-corrected chi connectivity index (χ1v) is 5.94. The van der Waals surface area contributed by atoms with Gasteiger partial charge in [-0.1, -0.05) is 17.7 Å². The van der Waals surface area contributed by atoms with E-state index in [2.05, 4.69) is 15.6 Å². The SMILES string of the molecule is Cc1ccc(OCC(C)N=C2NC(=O)C(=O)N2)cc1. The van der Waals surface area contributed by atoms with Crippen LogP contribution in [0, 0.1) is 6.92 Å². The van der Waals surface area contributed by atoms with Gasteiger partial charge >= 0.3 is 11.8 Å². The first kappa shape index (κ1) is 13.1. The van der Waals surface area contributed by atoms with Crippen LogP contribution in [0.3, 0.4) is 0 Å². The molecule has 1 aromatic rings. The summed E-state index contributed by atoms with van der Waals surface area (Å²) in [6.45, 7) is 4.19. The molecule has 0 radical (unpaired) electrons. The van der Waals surface area contributed by atoms with E-state index in [1.807, 2.05) is 38.1 Å². The highest BCUT2D eigenvalue weighted by Gasteiger charge is 2.25. The Kier molecular flexibility index (Phi) is 3.79. The molecule has 2 amide bonds. The highest BCUT2D eigenvalue weighted by Crippen LogP contribution is 2.11. The molecular weight excluding hydrogens is 246 g/mol. The second-order valence-corrected chi connectivity index (χ2v) is 4.36. The molecule has 0 saturated carbocycles. The van der Waals surface area contributed by atoms with Crippen molar-refractivity contribution in [2.75, 3.05) is 6.61 Å². The number of hydrogen-bond acceptors (Lipinski definition) is 4. The van der Waals surface area contributed by atoms with Gasteiger partial charge in [0.25, 0.3) is 0 Å². The summed E-state index contributed by atoms with van der Waals surface area (Å²) >= 11 is 0. The van der Waals surface area contributed by atoms with Gasteiger partial charge in [0.15, 0.2) is 0 Å². The number of ether oxygens (including phenoxy) is 1. The van der Waals surface area contributed by atoms with E-state index in [9.17, 15) is 9.59 Å². The van der Waals surface area contributed by atoms with Gasteiger partial charge in [0, 0.05) is 0 Å². The fourth-order valence-corrected chi connectivity index (χ4v) is 1.53. The standard InChI is InChI=1S/C13H15N3O3/c1-8-3-5-10(6-4-8)19-7-9(2)14-13-15-11(17)12(18)16-13/h3-6,9H,7H2,1-2H3,(H2,14,15,16,17,18). The van der Waals surface area contributed by atoms with E-state index in [0.717, 1.165) is 11.3 Å². The Morgan fingerprint density at radius 3 is 2.32 bits per heavy atom. The Labute approximate surface area is 110 Å². The van der Waals surface area contributed by atoms with Crippen LogP contribution in [0.2, 0.25) is 0 Å². The maximum absolute atomic E-state index is 10.9. The normalized spacial score (nSPS) is 15.8. The molecule has 1 unspecified atom stereocenters. The minimum Gasteiger partial charge on any atom is -0.491 e. The lowest BCUT2D eigenvalue weighted by Gasteiger charge is -2.10. The Morgan fingerprint density at radius 1 is 1.16 bits per heavy atom. The number of guanidine groups is 1. The second-order valence-electron chi connectivity index (χ2n) is 4.36. The maximum atomic E-state index is 10.9. The molecule has 1 saturated heterocycles. The molecule has 0 aromatic heterocycles. The average molecular weight is 261 g/mol. The molecular formula is C13H15N3O3. The van der Waals surface area contributed by atoms with Crippen LogP contribution in [0.5, 0.6) is 5.75 Å². The summed E-state index contributed by atoms with van der Waals surface area (Å²) in [5.74, 6) is -0.442. The van der Waals surface area contributed by atoms with Crippen LogP contribution in [0.15, 0.2) is 29.3 Å². The fourth-order valence-electron chi connectivity index (χ4n) is 1.53. The molecule has 0 aliphatic carbocycles. The van der Waals surface area contributed by atoms with Crippen molar-refractivity contribution in [1.82, 2.24) is 10.6 Å². The average Bonchev–Trinajstić information content (AvgIpc) is 2.67. The van der Waals surface area contributed by atoms with Gasteiger partial charge in [0.05, 0.1) is 6.04 Å². The zero-order chi connectivity index (χ0) is 13.8. The predicted molar refractivity (Wildman–Crippen MR) is 69.9 cm³/mol. The summed E-state index contributed by atoms with van der Waals surface area (Å²) in [5.41, 5.74) is 1.16. The van der Waals surface area contributed by atoms with Crippen molar-refractivity contribution >= 4 is 17.8 Å². The monoisotopic (exact) mass is 261 g/mol. The van der Waals surface area contributed by atoms with E-state index in [0.29, 0.717) is 6.61 Å². The lowest BCUT2D eigenvalue weighted by atomic mass is 10.2. The van der Waals surface area contributed by atoms with Gasteiger partial charge in [0.2, 0.25) is 5.96 Å². The molecule has 6 heteroatoms. The molecule has 1 atom stereocenters. The molecule has 1 aliphatic heterocycles. The Bertz CT molecular complexity index is 504. The van der Waals surface area contributed by atoms with E-state index < -0.39 is 11.8 Å². The second kappa shape index (κ2) is 5.51. The Hall–Kier alpha value is -2.37. The predicted octanol–water partition coefficient (Wildman–Crippen LogP) is 0.364.